The Hall–Kier alpha value is -1.96. The number of carbonyl (C=O) groups excluding carboxylic acids is 2. The van der Waals surface area contributed by atoms with Crippen LogP contribution in [0.3, 0.4) is 0 Å². The van der Waals surface area contributed by atoms with Gasteiger partial charge in [0.1, 0.15) is 5.54 Å². The van der Waals surface area contributed by atoms with Gasteiger partial charge in [0.2, 0.25) is 5.89 Å². The molecule has 0 unspecified atom stereocenters. The van der Waals surface area contributed by atoms with Crippen molar-refractivity contribution >= 4 is 11.9 Å². The minimum Gasteiger partial charge on any atom is -0.338 e. The Bertz CT molecular complexity index is 670. The van der Waals surface area contributed by atoms with E-state index in [9.17, 15) is 9.59 Å². The third-order valence-corrected chi connectivity index (χ3v) is 5.53. The first-order valence-electron chi connectivity index (χ1n) is 8.62. The molecule has 0 spiro atoms. The maximum Gasteiger partial charge on any atom is 0.324 e. The fourth-order valence-corrected chi connectivity index (χ4v) is 3.78. The molecule has 0 radical (unpaired) electrons. The summed E-state index contributed by atoms with van der Waals surface area (Å²) >= 11 is 0. The van der Waals surface area contributed by atoms with E-state index in [2.05, 4.69) is 20.4 Å². The van der Waals surface area contributed by atoms with Gasteiger partial charge >= 0.3 is 6.03 Å². The van der Waals surface area contributed by atoms with Crippen LogP contribution in [0.1, 0.15) is 50.2 Å². The summed E-state index contributed by atoms with van der Waals surface area (Å²) in [5.41, 5.74) is -0.821. The second-order valence-electron chi connectivity index (χ2n) is 7.39. The van der Waals surface area contributed by atoms with E-state index in [4.69, 9.17) is 4.52 Å². The van der Waals surface area contributed by atoms with Crippen LogP contribution in [0, 0.1) is 5.92 Å². The van der Waals surface area contributed by atoms with Crippen LogP contribution in [-0.2, 0) is 11.3 Å². The molecule has 1 aliphatic carbocycles. The van der Waals surface area contributed by atoms with Crippen LogP contribution >= 0.6 is 0 Å². The third kappa shape index (κ3) is 2.58. The molecule has 2 saturated heterocycles. The van der Waals surface area contributed by atoms with Crippen molar-refractivity contribution < 1.29 is 14.1 Å². The highest BCUT2D eigenvalue weighted by Crippen LogP contribution is 2.38. The van der Waals surface area contributed by atoms with Gasteiger partial charge in [-0.3, -0.25) is 14.6 Å². The van der Waals surface area contributed by atoms with Crippen LogP contribution < -0.4 is 5.32 Å². The van der Waals surface area contributed by atoms with Crippen molar-refractivity contribution in [1.29, 1.82) is 0 Å². The van der Waals surface area contributed by atoms with Gasteiger partial charge in [-0.25, -0.2) is 4.79 Å². The van der Waals surface area contributed by atoms with Crippen LogP contribution in [0.4, 0.5) is 4.79 Å². The largest absolute Gasteiger partial charge is 0.338 e. The molecule has 1 N–H and O–H groups in total. The molecule has 3 heterocycles. The van der Waals surface area contributed by atoms with Crippen LogP contribution in [0.2, 0.25) is 0 Å². The summed E-state index contributed by atoms with van der Waals surface area (Å²) < 4.78 is 5.36. The zero-order valence-electron chi connectivity index (χ0n) is 14.1. The summed E-state index contributed by atoms with van der Waals surface area (Å²) in [4.78, 5) is 32.2. The number of piperidine rings is 1. The fraction of sp³-hybridized carbons (Fsp3) is 0.750. The second-order valence-corrected chi connectivity index (χ2v) is 7.39. The Balaban J connectivity index is 1.43. The number of imide groups is 1. The third-order valence-electron chi connectivity index (χ3n) is 5.53. The number of nitrogens with one attached hydrogen (secondary N) is 1. The molecular weight excluding hydrogens is 310 g/mol. The maximum absolute atomic E-state index is 12.5. The molecule has 3 amide bonds. The number of hydrogen-bond acceptors (Lipinski definition) is 6. The molecule has 0 aromatic carbocycles. The SMILES string of the molecule is CN1C(=O)N[C@@](C)([C@@H]2CCCN(Cc3nc(C4CC4)no3)C2)C1=O. The van der Waals surface area contributed by atoms with Crippen molar-refractivity contribution in [3.8, 4) is 0 Å². The molecular formula is C16H23N5O3. The Labute approximate surface area is 140 Å². The van der Waals surface area contributed by atoms with Crippen LogP contribution in [0.25, 0.3) is 0 Å². The Kier molecular flexibility index (Phi) is 3.59. The molecule has 2 aliphatic heterocycles. The maximum atomic E-state index is 12.5. The van der Waals surface area contributed by atoms with E-state index < -0.39 is 5.54 Å². The van der Waals surface area contributed by atoms with Crippen LogP contribution in [-0.4, -0.2) is 57.6 Å². The number of carbonyl (C=O) groups is 2. The topological polar surface area (TPSA) is 91.6 Å². The van der Waals surface area contributed by atoms with Crippen LogP contribution in [0.5, 0.6) is 0 Å². The summed E-state index contributed by atoms with van der Waals surface area (Å²) in [6, 6.07) is -0.314. The average molecular weight is 333 g/mol. The van der Waals surface area contributed by atoms with E-state index in [-0.39, 0.29) is 17.9 Å². The summed E-state index contributed by atoms with van der Waals surface area (Å²) in [5.74, 6) is 1.89. The van der Waals surface area contributed by atoms with Gasteiger partial charge in [0.25, 0.3) is 5.91 Å². The molecule has 1 aromatic rings. The number of aromatic nitrogens is 2. The minimum absolute atomic E-state index is 0.0819. The van der Waals surface area contributed by atoms with E-state index in [1.807, 2.05) is 6.92 Å². The van der Waals surface area contributed by atoms with Crippen molar-refractivity contribution in [2.75, 3.05) is 20.1 Å². The van der Waals surface area contributed by atoms with Crippen molar-refractivity contribution in [3.63, 3.8) is 0 Å². The van der Waals surface area contributed by atoms with Crippen molar-refractivity contribution in [2.45, 2.75) is 50.6 Å². The van der Waals surface area contributed by atoms with Gasteiger partial charge < -0.3 is 9.84 Å². The van der Waals surface area contributed by atoms with E-state index in [0.717, 1.165) is 44.6 Å². The predicted molar refractivity (Wildman–Crippen MR) is 84.0 cm³/mol. The van der Waals surface area contributed by atoms with Crippen molar-refractivity contribution in [1.82, 2.24) is 25.3 Å². The Morgan fingerprint density at radius 2 is 2.12 bits per heavy atom. The van der Waals surface area contributed by atoms with E-state index in [1.54, 1.807) is 0 Å². The monoisotopic (exact) mass is 333 g/mol. The number of amides is 3. The molecule has 0 bridgehead atoms. The molecule has 2 atom stereocenters. The highest BCUT2D eigenvalue weighted by Gasteiger charge is 2.51. The first-order valence-corrected chi connectivity index (χ1v) is 8.62. The number of rotatable bonds is 4. The summed E-state index contributed by atoms with van der Waals surface area (Å²) in [7, 11) is 1.53. The lowest BCUT2D eigenvalue weighted by molar-refractivity contribution is -0.132. The van der Waals surface area contributed by atoms with Crippen molar-refractivity contribution in [3.05, 3.63) is 11.7 Å². The standard InChI is InChI=1S/C16H23N5O3/c1-16(14(22)20(2)15(23)18-16)11-4-3-7-21(8-11)9-12-17-13(19-24-12)10-5-6-10/h10-11H,3-9H2,1-2H3,(H,18,23)/t11-,16+/m1/s1. The molecule has 3 aliphatic rings. The van der Waals surface area contributed by atoms with E-state index in [0.29, 0.717) is 18.4 Å². The molecule has 24 heavy (non-hydrogen) atoms. The van der Waals surface area contributed by atoms with Crippen molar-refractivity contribution in [2.24, 2.45) is 5.92 Å². The van der Waals surface area contributed by atoms with Gasteiger partial charge in [-0.15, -0.1) is 0 Å². The van der Waals surface area contributed by atoms with E-state index >= 15 is 0 Å². The Morgan fingerprint density at radius 1 is 1.33 bits per heavy atom. The quantitative estimate of drug-likeness (QED) is 0.830. The molecule has 8 heteroatoms. The zero-order chi connectivity index (χ0) is 16.9. The normalized spacial score (nSPS) is 31.6. The minimum atomic E-state index is -0.821. The summed E-state index contributed by atoms with van der Waals surface area (Å²) in [6.07, 6.45) is 4.21. The lowest BCUT2D eigenvalue weighted by Gasteiger charge is -2.39. The second kappa shape index (κ2) is 5.54. The average Bonchev–Trinajstić information content (AvgIpc) is 3.29. The summed E-state index contributed by atoms with van der Waals surface area (Å²) in [5, 5.41) is 6.93. The van der Waals surface area contributed by atoms with Gasteiger partial charge in [0, 0.05) is 25.4 Å². The Morgan fingerprint density at radius 3 is 2.79 bits per heavy atom. The lowest BCUT2D eigenvalue weighted by Crippen LogP contribution is -2.55. The number of urea groups is 1. The molecule has 3 fully saturated rings. The molecule has 8 nitrogen and oxygen atoms in total. The highest BCUT2D eigenvalue weighted by molar-refractivity contribution is 6.06. The first-order chi connectivity index (χ1) is 11.5. The van der Waals surface area contributed by atoms with E-state index in [1.165, 1.54) is 11.9 Å². The number of hydrogen-bond donors (Lipinski definition) is 1. The summed E-state index contributed by atoms with van der Waals surface area (Å²) in [6.45, 7) is 4.11. The zero-order valence-corrected chi connectivity index (χ0v) is 14.1. The van der Waals surface area contributed by atoms with Crippen LogP contribution in [0.15, 0.2) is 4.52 Å². The molecule has 1 aromatic heterocycles. The fourth-order valence-electron chi connectivity index (χ4n) is 3.78. The van der Waals surface area contributed by atoms with Gasteiger partial charge in [0.15, 0.2) is 5.82 Å². The predicted octanol–water partition coefficient (Wildman–Crippen LogP) is 1.10. The van der Waals surface area contributed by atoms with Gasteiger partial charge in [-0.1, -0.05) is 5.16 Å². The molecule has 4 rings (SSSR count). The molecule has 1 saturated carbocycles. The smallest absolute Gasteiger partial charge is 0.324 e. The number of nitrogens with zero attached hydrogens (tertiary/aromatic N) is 4. The van der Waals surface area contributed by atoms with Gasteiger partial charge in [0.05, 0.1) is 6.54 Å². The number of likely N-dealkylation sites (N-methyl/N-ethyl adjacent to an activating group) is 1. The first kappa shape index (κ1) is 15.6. The lowest BCUT2D eigenvalue weighted by atomic mass is 9.80. The highest BCUT2D eigenvalue weighted by atomic mass is 16.5. The van der Waals surface area contributed by atoms with Gasteiger partial charge in [-0.2, -0.15) is 4.98 Å². The number of likely N-dealkylation sites (tertiary alicyclic amines) is 1. The van der Waals surface area contributed by atoms with Gasteiger partial charge in [-0.05, 0) is 39.2 Å². The molecule has 130 valence electrons.